The number of aromatic nitrogens is 3. The van der Waals surface area contributed by atoms with Crippen LogP contribution in [0.3, 0.4) is 0 Å². The Hall–Kier alpha value is -4.50. The average molecular weight is 510 g/mol. The molecule has 1 fully saturated rings. The summed E-state index contributed by atoms with van der Waals surface area (Å²) in [6.45, 7) is 1.90. The summed E-state index contributed by atoms with van der Waals surface area (Å²) in [6, 6.07) is 18.0. The number of nitrogen functional groups attached to an aromatic ring is 1. The molecule has 4 N–H and O–H groups in total. The number of carboxylic acid groups (broad SMARTS) is 1. The number of hydrogen-bond acceptors (Lipinski definition) is 6. The van der Waals surface area contributed by atoms with Gasteiger partial charge in [0.15, 0.2) is 0 Å². The standard InChI is InChI=1S/C28H23N5O3S/c1-16-24(33-13-10-18(26(35)36)14-23(33)30-16)22-15-37-27(32-22)28(11-12-28)19-8-6-17(7-9-19)25(34)31-21-5-3-2-4-20(21)29/h2-10,13-15H,11-12,29H2,1H3,(H,31,34)(H,35,36). The molecule has 0 atom stereocenters. The van der Waals surface area contributed by atoms with Gasteiger partial charge in [-0.15, -0.1) is 11.3 Å². The molecule has 0 saturated heterocycles. The highest BCUT2D eigenvalue weighted by Crippen LogP contribution is 2.54. The highest BCUT2D eigenvalue weighted by atomic mass is 32.1. The van der Waals surface area contributed by atoms with E-state index < -0.39 is 5.97 Å². The SMILES string of the molecule is Cc1nc2cc(C(=O)O)ccn2c1-c1csc(C2(c3ccc(C(=O)Nc4ccccc4N)cc3)CC2)n1. The molecule has 37 heavy (non-hydrogen) atoms. The summed E-state index contributed by atoms with van der Waals surface area (Å²) in [5.74, 6) is -1.19. The minimum absolute atomic E-state index is 0.160. The molecule has 2 aromatic carbocycles. The van der Waals surface area contributed by atoms with E-state index in [0.29, 0.717) is 22.6 Å². The lowest BCUT2D eigenvalue weighted by molar-refractivity contribution is 0.0696. The van der Waals surface area contributed by atoms with Gasteiger partial charge in [0.1, 0.15) is 16.3 Å². The van der Waals surface area contributed by atoms with Crippen LogP contribution in [0, 0.1) is 6.92 Å². The fourth-order valence-electron chi connectivity index (χ4n) is 4.70. The molecule has 0 bridgehead atoms. The molecule has 1 aliphatic carbocycles. The summed E-state index contributed by atoms with van der Waals surface area (Å²) in [5.41, 5.74) is 11.8. The number of carbonyl (C=O) groups is 2. The summed E-state index contributed by atoms with van der Waals surface area (Å²) in [4.78, 5) is 33.6. The molecule has 8 nitrogen and oxygen atoms in total. The van der Waals surface area contributed by atoms with Crippen LogP contribution in [0.15, 0.2) is 72.2 Å². The third kappa shape index (κ3) is 3.93. The van der Waals surface area contributed by atoms with Crippen molar-refractivity contribution in [3.05, 3.63) is 99.6 Å². The molecule has 0 unspecified atom stereocenters. The fraction of sp³-hybridized carbons (Fsp3) is 0.143. The summed E-state index contributed by atoms with van der Waals surface area (Å²) in [5, 5.41) is 15.2. The Balaban J connectivity index is 1.27. The lowest BCUT2D eigenvalue weighted by Gasteiger charge is -2.14. The highest BCUT2D eigenvalue weighted by molar-refractivity contribution is 7.10. The molecule has 1 saturated carbocycles. The second kappa shape index (κ2) is 8.56. The number of thiazole rings is 1. The topological polar surface area (TPSA) is 123 Å². The number of fused-ring (bicyclic) bond motifs is 1. The number of aryl methyl sites for hydroxylation is 1. The highest BCUT2D eigenvalue weighted by Gasteiger charge is 2.48. The van der Waals surface area contributed by atoms with Crippen LogP contribution >= 0.6 is 11.3 Å². The van der Waals surface area contributed by atoms with E-state index in [1.165, 1.54) is 0 Å². The lowest BCUT2D eigenvalue weighted by Crippen LogP contribution is -2.14. The summed E-state index contributed by atoms with van der Waals surface area (Å²) < 4.78 is 1.88. The van der Waals surface area contributed by atoms with Crippen molar-refractivity contribution in [2.75, 3.05) is 11.1 Å². The number of benzene rings is 2. The molecule has 1 aliphatic rings. The monoisotopic (exact) mass is 509 g/mol. The number of amides is 1. The maximum Gasteiger partial charge on any atom is 0.335 e. The van der Waals surface area contributed by atoms with Crippen LogP contribution in [-0.4, -0.2) is 31.4 Å². The third-order valence-electron chi connectivity index (χ3n) is 6.86. The maximum atomic E-state index is 12.7. The number of anilines is 2. The normalized spacial score (nSPS) is 14.0. The Bertz CT molecular complexity index is 1680. The molecule has 1 amide bonds. The number of carbonyl (C=O) groups excluding carboxylic acids is 1. The van der Waals surface area contributed by atoms with Crippen LogP contribution in [0.2, 0.25) is 0 Å². The Morgan fingerprint density at radius 1 is 1.05 bits per heavy atom. The van der Waals surface area contributed by atoms with Gasteiger partial charge in [0.2, 0.25) is 0 Å². The van der Waals surface area contributed by atoms with Crippen LogP contribution in [-0.2, 0) is 5.41 Å². The van der Waals surface area contributed by atoms with Gasteiger partial charge in [0, 0.05) is 22.6 Å². The van der Waals surface area contributed by atoms with Crippen LogP contribution in [0.5, 0.6) is 0 Å². The second-order valence-electron chi connectivity index (χ2n) is 9.23. The number of rotatable bonds is 6. The zero-order valence-electron chi connectivity index (χ0n) is 19.9. The molecule has 6 rings (SSSR count). The zero-order chi connectivity index (χ0) is 25.7. The fourth-order valence-corrected chi connectivity index (χ4v) is 5.79. The number of imidazole rings is 1. The first-order valence-corrected chi connectivity index (χ1v) is 12.7. The van der Waals surface area contributed by atoms with E-state index in [2.05, 4.69) is 10.3 Å². The Labute approximate surface area is 216 Å². The van der Waals surface area contributed by atoms with E-state index >= 15 is 0 Å². The van der Waals surface area contributed by atoms with Gasteiger partial charge in [0.25, 0.3) is 5.91 Å². The Morgan fingerprint density at radius 2 is 1.81 bits per heavy atom. The molecule has 0 spiro atoms. The number of aromatic carboxylic acids is 1. The molecule has 3 heterocycles. The maximum absolute atomic E-state index is 12.7. The van der Waals surface area contributed by atoms with Crippen molar-refractivity contribution in [1.82, 2.24) is 14.4 Å². The van der Waals surface area contributed by atoms with Gasteiger partial charge in [0.05, 0.1) is 28.3 Å². The van der Waals surface area contributed by atoms with Crippen molar-refractivity contribution >= 4 is 40.2 Å². The molecule has 5 aromatic rings. The van der Waals surface area contributed by atoms with Crippen molar-refractivity contribution in [3.63, 3.8) is 0 Å². The number of nitrogens with two attached hydrogens (primary N) is 1. The van der Waals surface area contributed by atoms with Crippen LogP contribution in [0.4, 0.5) is 11.4 Å². The summed E-state index contributed by atoms with van der Waals surface area (Å²) >= 11 is 1.61. The smallest absolute Gasteiger partial charge is 0.335 e. The van der Waals surface area contributed by atoms with Gasteiger partial charge in [-0.05, 0) is 61.7 Å². The van der Waals surface area contributed by atoms with E-state index in [-0.39, 0.29) is 16.9 Å². The number of para-hydroxylation sites is 2. The number of carboxylic acids is 1. The number of hydrogen-bond donors (Lipinski definition) is 3. The van der Waals surface area contributed by atoms with E-state index in [0.717, 1.165) is 40.5 Å². The predicted molar refractivity (Wildman–Crippen MR) is 143 cm³/mol. The number of nitrogens with one attached hydrogen (secondary N) is 1. The molecule has 184 valence electrons. The average Bonchev–Trinajstić information content (AvgIpc) is 3.43. The minimum atomic E-state index is -0.982. The summed E-state index contributed by atoms with van der Waals surface area (Å²) in [6.07, 6.45) is 3.70. The molecular formula is C28H23N5O3S. The molecule has 0 radical (unpaired) electrons. The lowest BCUT2D eigenvalue weighted by atomic mass is 9.95. The van der Waals surface area contributed by atoms with Crippen molar-refractivity contribution in [2.45, 2.75) is 25.2 Å². The molecule has 0 aliphatic heterocycles. The van der Waals surface area contributed by atoms with Gasteiger partial charge in [-0.3, -0.25) is 9.20 Å². The summed E-state index contributed by atoms with van der Waals surface area (Å²) in [7, 11) is 0. The van der Waals surface area contributed by atoms with E-state index in [1.807, 2.05) is 53.1 Å². The molecule has 9 heteroatoms. The van der Waals surface area contributed by atoms with Gasteiger partial charge < -0.3 is 16.2 Å². The first-order chi connectivity index (χ1) is 17.9. The van der Waals surface area contributed by atoms with Crippen molar-refractivity contribution in [1.29, 1.82) is 0 Å². The van der Waals surface area contributed by atoms with Crippen molar-refractivity contribution in [3.8, 4) is 11.4 Å². The second-order valence-corrected chi connectivity index (χ2v) is 10.1. The van der Waals surface area contributed by atoms with Gasteiger partial charge in [-0.2, -0.15) is 0 Å². The van der Waals surface area contributed by atoms with Gasteiger partial charge in [-0.25, -0.2) is 14.8 Å². The van der Waals surface area contributed by atoms with Crippen molar-refractivity contribution < 1.29 is 14.7 Å². The van der Waals surface area contributed by atoms with E-state index in [4.69, 9.17) is 10.7 Å². The van der Waals surface area contributed by atoms with Crippen LogP contribution in [0.25, 0.3) is 17.0 Å². The van der Waals surface area contributed by atoms with E-state index in [1.54, 1.807) is 41.8 Å². The first-order valence-electron chi connectivity index (χ1n) is 11.8. The molecule has 3 aromatic heterocycles. The zero-order valence-corrected chi connectivity index (χ0v) is 20.7. The Morgan fingerprint density at radius 3 is 2.51 bits per heavy atom. The Kier molecular flexibility index (Phi) is 5.31. The third-order valence-corrected chi connectivity index (χ3v) is 7.91. The molecular weight excluding hydrogens is 486 g/mol. The van der Waals surface area contributed by atoms with Gasteiger partial charge >= 0.3 is 5.97 Å². The van der Waals surface area contributed by atoms with Crippen LogP contribution < -0.4 is 11.1 Å². The largest absolute Gasteiger partial charge is 0.478 e. The van der Waals surface area contributed by atoms with E-state index in [9.17, 15) is 14.7 Å². The van der Waals surface area contributed by atoms with Crippen molar-refractivity contribution in [2.24, 2.45) is 0 Å². The van der Waals surface area contributed by atoms with Crippen LogP contribution in [0.1, 0.15) is 49.8 Å². The quantitative estimate of drug-likeness (QED) is 0.264. The van der Waals surface area contributed by atoms with Gasteiger partial charge in [-0.1, -0.05) is 24.3 Å². The first kappa shape index (κ1) is 22.9. The minimum Gasteiger partial charge on any atom is -0.478 e. The number of pyridine rings is 1. The predicted octanol–water partition coefficient (Wildman–Crippen LogP) is 5.38. The number of nitrogens with zero attached hydrogens (tertiary/aromatic N) is 3.